The van der Waals surface area contributed by atoms with E-state index < -0.39 is 5.60 Å². The van der Waals surface area contributed by atoms with E-state index in [0.29, 0.717) is 10.0 Å². The molecule has 0 bridgehead atoms. The van der Waals surface area contributed by atoms with Crippen LogP contribution in [0.1, 0.15) is 12.5 Å². The van der Waals surface area contributed by atoms with E-state index in [1.165, 1.54) is 18.2 Å². The SMILES string of the molecule is CC(O)(CN)c1ccc(F)cc1Br. The van der Waals surface area contributed by atoms with Gasteiger partial charge in [-0.05, 0) is 24.6 Å². The normalized spacial score (nSPS) is 15.5. The van der Waals surface area contributed by atoms with Gasteiger partial charge in [-0.3, -0.25) is 0 Å². The Morgan fingerprint density at radius 3 is 2.69 bits per heavy atom. The fourth-order valence-electron chi connectivity index (χ4n) is 1.04. The molecule has 72 valence electrons. The second-order valence-electron chi connectivity index (χ2n) is 3.10. The van der Waals surface area contributed by atoms with E-state index >= 15 is 0 Å². The van der Waals surface area contributed by atoms with E-state index in [1.54, 1.807) is 6.92 Å². The maximum absolute atomic E-state index is 12.7. The van der Waals surface area contributed by atoms with Gasteiger partial charge in [0.25, 0.3) is 0 Å². The molecule has 0 fully saturated rings. The number of halogens is 2. The molecule has 1 rings (SSSR count). The molecule has 0 aliphatic carbocycles. The third-order valence-corrected chi connectivity index (χ3v) is 2.56. The Bertz CT molecular complexity index is 314. The smallest absolute Gasteiger partial charge is 0.124 e. The van der Waals surface area contributed by atoms with Gasteiger partial charge in [0.15, 0.2) is 0 Å². The summed E-state index contributed by atoms with van der Waals surface area (Å²) < 4.78 is 13.2. The van der Waals surface area contributed by atoms with Crippen molar-refractivity contribution in [2.45, 2.75) is 12.5 Å². The van der Waals surface area contributed by atoms with Crippen LogP contribution in [0, 0.1) is 5.82 Å². The van der Waals surface area contributed by atoms with Crippen LogP contribution >= 0.6 is 15.9 Å². The molecule has 1 unspecified atom stereocenters. The molecule has 0 aliphatic rings. The summed E-state index contributed by atoms with van der Waals surface area (Å²) in [6.45, 7) is 1.68. The van der Waals surface area contributed by atoms with E-state index in [1.807, 2.05) is 0 Å². The van der Waals surface area contributed by atoms with Gasteiger partial charge in [0.1, 0.15) is 11.4 Å². The Kier molecular flexibility index (Phi) is 3.05. The first-order chi connectivity index (χ1) is 5.97. The topological polar surface area (TPSA) is 46.2 Å². The third-order valence-electron chi connectivity index (χ3n) is 1.91. The summed E-state index contributed by atoms with van der Waals surface area (Å²) in [6, 6.07) is 4.12. The maximum atomic E-state index is 12.7. The minimum absolute atomic E-state index is 0.0945. The maximum Gasteiger partial charge on any atom is 0.124 e. The Balaban J connectivity index is 3.16. The lowest BCUT2D eigenvalue weighted by Crippen LogP contribution is -2.31. The zero-order chi connectivity index (χ0) is 10.1. The van der Waals surface area contributed by atoms with Crippen molar-refractivity contribution in [3.05, 3.63) is 34.1 Å². The molecule has 1 aromatic carbocycles. The molecule has 0 heterocycles. The molecule has 13 heavy (non-hydrogen) atoms. The molecule has 4 heteroatoms. The van der Waals surface area contributed by atoms with Gasteiger partial charge in [0.05, 0.1) is 0 Å². The lowest BCUT2D eigenvalue weighted by molar-refractivity contribution is 0.0660. The highest BCUT2D eigenvalue weighted by molar-refractivity contribution is 9.10. The Morgan fingerprint density at radius 1 is 1.62 bits per heavy atom. The Morgan fingerprint density at radius 2 is 2.23 bits per heavy atom. The van der Waals surface area contributed by atoms with E-state index in [2.05, 4.69) is 15.9 Å². The van der Waals surface area contributed by atoms with Crippen LogP contribution in [0.4, 0.5) is 4.39 Å². The zero-order valence-electron chi connectivity index (χ0n) is 7.22. The van der Waals surface area contributed by atoms with Gasteiger partial charge >= 0.3 is 0 Å². The van der Waals surface area contributed by atoms with Gasteiger partial charge in [-0.25, -0.2) is 4.39 Å². The fraction of sp³-hybridized carbons (Fsp3) is 0.333. The molecular weight excluding hydrogens is 237 g/mol. The third kappa shape index (κ3) is 2.27. The van der Waals surface area contributed by atoms with Crippen LogP contribution in [0.5, 0.6) is 0 Å². The molecule has 1 atom stereocenters. The summed E-state index contributed by atoms with van der Waals surface area (Å²) >= 11 is 3.17. The Hall–Kier alpha value is -0.450. The van der Waals surface area contributed by atoms with Crippen molar-refractivity contribution in [1.29, 1.82) is 0 Å². The fourth-order valence-corrected chi connectivity index (χ4v) is 1.81. The average Bonchev–Trinajstić information content (AvgIpc) is 2.03. The van der Waals surface area contributed by atoms with Crippen LogP contribution in [0.25, 0.3) is 0 Å². The van der Waals surface area contributed by atoms with Crippen molar-refractivity contribution in [3.63, 3.8) is 0 Å². The minimum atomic E-state index is -1.12. The van der Waals surface area contributed by atoms with E-state index in [4.69, 9.17) is 5.73 Å². The summed E-state index contributed by atoms with van der Waals surface area (Å²) in [5.41, 5.74) is 4.86. The number of benzene rings is 1. The number of aliphatic hydroxyl groups is 1. The quantitative estimate of drug-likeness (QED) is 0.837. The first kappa shape index (κ1) is 10.6. The summed E-state index contributed by atoms with van der Waals surface area (Å²) in [5, 5.41) is 9.79. The molecule has 0 amide bonds. The lowest BCUT2D eigenvalue weighted by Gasteiger charge is -2.22. The lowest BCUT2D eigenvalue weighted by atomic mass is 9.96. The second kappa shape index (κ2) is 3.74. The summed E-state index contributed by atoms with van der Waals surface area (Å²) in [7, 11) is 0. The van der Waals surface area contributed by atoms with Gasteiger partial charge in [0.2, 0.25) is 0 Å². The summed E-state index contributed by atoms with van der Waals surface area (Å²) in [4.78, 5) is 0. The van der Waals surface area contributed by atoms with Gasteiger partial charge in [-0.15, -0.1) is 0 Å². The predicted octanol–water partition coefficient (Wildman–Crippen LogP) is 1.75. The van der Waals surface area contributed by atoms with Gasteiger partial charge in [-0.1, -0.05) is 22.0 Å². The zero-order valence-corrected chi connectivity index (χ0v) is 8.81. The first-order valence-electron chi connectivity index (χ1n) is 3.85. The highest BCUT2D eigenvalue weighted by atomic mass is 79.9. The molecular formula is C9H11BrFNO. The highest BCUT2D eigenvalue weighted by Gasteiger charge is 2.23. The van der Waals surface area contributed by atoms with Crippen molar-refractivity contribution < 1.29 is 9.50 Å². The second-order valence-corrected chi connectivity index (χ2v) is 3.96. The van der Waals surface area contributed by atoms with Crippen LogP contribution in [0.15, 0.2) is 22.7 Å². The van der Waals surface area contributed by atoms with Crippen molar-refractivity contribution in [2.75, 3.05) is 6.54 Å². The average molecular weight is 248 g/mol. The van der Waals surface area contributed by atoms with Crippen molar-refractivity contribution >= 4 is 15.9 Å². The summed E-state index contributed by atoms with van der Waals surface area (Å²) in [5.74, 6) is -0.344. The molecule has 0 saturated carbocycles. The van der Waals surface area contributed by atoms with Crippen LogP contribution in [-0.4, -0.2) is 11.7 Å². The number of hydrogen-bond donors (Lipinski definition) is 2. The highest BCUT2D eigenvalue weighted by Crippen LogP contribution is 2.27. The van der Waals surface area contributed by atoms with Crippen LogP contribution in [0.3, 0.4) is 0 Å². The van der Waals surface area contributed by atoms with Crippen LogP contribution in [0.2, 0.25) is 0 Å². The number of hydrogen-bond acceptors (Lipinski definition) is 2. The Labute approximate surface area is 84.7 Å². The van der Waals surface area contributed by atoms with Gasteiger partial charge in [0, 0.05) is 11.0 Å². The van der Waals surface area contributed by atoms with Crippen molar-refractivity contribution in [1.82, 2.24) is 0 Å². The van der Waals surface area contributed by atoms with Gasteiger partial charge < -0.3 is 10.8 Å². The summed E-state index contributed by atoms with van der Waals surface area (Å²) in [6.07, 6.45) is 0. The molecule has 3 N–H and O–H groups in total. The monoisotopic (exact) mass is 247 g/mol. The van der Waals surface area contributed by atoms with E-state index in [-0.39, 0.29) is 12.4 Å². The molecule has 0 radical (unpaired) electrons. The van der Waals surface area contributed by atoms with E-state index in [9.17, 15) is 9.50 Å². The van der Waals surface area contributed by atoms with E-state index in [0.717, 1.165) is 0 Å². The molecule has 0 aromatic heterocycles. The molecule has 1 aromatic rings. The molecule has 0 aliphatic heterocycles. The standard InChI is InChI=1S/C9H11BrFNO/c1-9(13,5-12)7-3-2-6(11)4-8(7)10/h2-4,13H,5,12H2,1H3. The van der Waals surface area contributed by atoms with Gasteiger partial charge in [-0.2, -0.15) is 0 Å². The predicted molar refractivity (Wildman–Crippen MR) is 52.7 cm³/mol. The number of rotatable bonds is 2. The van der Waals surface area contributed by atoms with Crippen molar-refractivity contribution in [2.24, 2.45) is 5.73 Å². The van der Waals surface area contributed by atoms with Crippen molar-refractivity contribution in [3.8, 4) is 0 Å². The number of nitrogens with two attached hydrogens (primary N) is 1. The molecule has 0 saturated heterocycles. The molecule has 2 nitrogen and oxygen atoms in total. The minimum Gasteiger partial charge on any atom is -0.384 e. The van der Waals surface area contributed by atoms with Crippen LogP contribution in [-0.2, 0) is 5.60 Å². The first-order valence-corrected chi connectivity index (χ1v) is 4.64. The molecule has 0 spiro atoms. The largest absolute Gasteiger partial charge is 0.384 e. The van der Waals surface area contributed by atoms with Crippen LogP contribution < -0.4 is 5.73 Å².